The molecule has 1 aliphatic carbocycles. The lowest BCUT2D eigenvalue weighted by molar-refractivity contribution is -0.145. The van der Waals surface area contributed by atoms with Gasteiger partial charge in [0.25, 0.3) is 0 Å². The van der Waals surface area contributed by atoms with Crippen LogP contribution in [0.3, 0.4) is 0 Å². The van der Waals surface area contributed by atoms with Gasteiger partial charge in [0, 0.05) is 22.4 Å². The van der Waals surface area contributed by atoms with Crippen molar-refractivity contribution < 1.29 is 19.7 Å². The summed E-state index contributed by atoms with van der Waals surface area (Å²) in [4.78, 5) is 11.4. The maximum Gasteiger partial charge on any atom is 0.307 e. The molecule has 0 spiro atoms. The number of carboxylic acids is 1. The van der Waals surface area contributed by atoms with Crippen LogP contribution in [0.4, 0.5) is 0 Å². The SMILES string of the molecule is O=C(O)C1CC=CCC1C(O)c1cc(Br)cc2c1OCC2. The lowest BCUT2D eigenvalue weighted by Crippen LogP contribution is -2.30. The normalized spacial score (nSPS) is 25.2. The quantitative estimate of drug-likeness (QED) is 0.820. The Morgan fingerprint density at radius 1 is 1.33 bits per heavy atom. The summed E-state index contributed by atoms with van der Waals surface area (Å²) in [5.74, 6) is -1.00. The van der Waals surface area contributed by atoms with Crippen molar-refractivity contribution in [1.82, 2.24) is 0 Å². The van der Waals surface area contributed by atoms with Crippen LogP contribution >= 0.6 is 15.9 Å². The first-order valence-electron chi connectivity index (χ1n) is 7.09. The number of carbonyl (C=O) groups is 1. The van der Waals surface area contributed by atoms with Crippen LogP contribution in [-0.2, 0) is 11.2 Å². The topological polar surface area (TPSA) is 66.8 Å². The predicted molar refractivity (Wildman–Crippen MR) is 81.3 cm³/mol. The van der Waals surface area contributed by atoms with E-state index in [1.54, 1.807) is 0 Å². The monoisotopic (exact) mass is 352 g/mol. The molecule has 112 valence electrons. The van der Waals surface area contributed by atoms with Crippen LogP contribution < -0.4 is 4.74 Å². The molecule has 0 saturated carbocycles. The molecule has 3 atom stereocenters. The number of allylic oxidation sites excluding steroid dienone is 2. The van der Waals surface area contributed by atoms with E-state index in [0.29, 0.717) is 25.0 Å². The van der Waals surface area contributed by atoms with Crippen molar-refractivity contribution >= 4 is 21.9 Å². The van der Waals surface area contributed by atoms with Gasteiger partial charge in [-0.15, -0.1) is 0 Å². The van der Waals surface area contributed by atoms with Crippen LogP contribution in [0, 0.1) is 11.8 Å². The fourth-order valence-corrected chi connectivity index (χ4v) is 3.74. The van der Waals surface area contributed by atoms with Crippen LogP contribution in [0.5, 0.6) is 5.75 Å². The second-order valence-corrected chi connectivity index (χ2v) is 6.49. The number of carboxylic acid groups (broad SMARTS) is 1. The van der Waals surface area contributed by atoms with Crippen molar-refractivity contribution in [2.45, 2.75) is 25.4 Å². The first-order valence-corrected chi connectivity index (χ1v) is 7.88. The second-order valence-electron chi connectivity index (χ2n) is 5.58. The van der Waals surface area contributed by atoms with Gasteiger partial charge in [-0.3, -0.25) is 4.79 Å². The summed E-state index contributed by atoms with van der Waals surface area (Å²) in [6.45, 7) is 0.610. The minimum Gasteiger partial charge on any atom is -0.493 e. The van der Waals surface area contributed by atoms with E-state index in [9.17, 15) is 15.0 Å². The molecule has 3 rings (SSSR count). The summed E-state index contributed by atoms with van der Waals surface area (Å²) < 4.78 is 6.53. The number of fused-ring (bicyclic) bond motifs is 1. The minimum absolute atomic E-state index is 0.324. The van der Waals surface area contributed by atoms with E-state index in [4.69, 9.17) is 4.74 Å². The molecule has 1 heterocycles. The molecular weight excluding hydrogens is 336 g/mol. The molecule has 0 aromatic heterocycles. The number of rotatable bonds is 3. The highest BCUT2D eigenvalue weighted by molar-refractivity contribution is 9.10. The van der Waals surface area contributed by atoms with Crippen molar-refractivity contribution in [3.63, 3.8) is 0 Å². The summed E-state index contributed by atoms with van der Waals surface area (Å²) >= 11 is 3.46. The lowest BCUT2D eigenvalue weighted by atomic mass is 9.77. The molecule has 21 heavy (non-hydrogen) atoms. The number of hydrogen-bond acceptors (Lipinski definition) is 3. The van der Waals surface area contributed by atoms with E-state index in [1.807, 2.05) is 24.3 Å². The number of halogens is 1. The number of ether oxygens (including phenoxy) is 1. The zero-order chi connectivity index (χ0) is 15.0. The van der Waals surface area contributed by atoms with Crippen molar-refractivity contribution in [1.29, 1.82) is 0 Å². The number of hydrogen-bond donors (Lipinski definition) is 2. The molecular formula is C16H17BrO4. The van der Waals surface area contributed by atoms with E-state index in [2.05, 4.69) is 15.9 Å². The summed E-state index contributed by atoms with van der Waals surface area (Å²) in [5.41, 5.74) is 1.76. The highest BCUT2D eigenvalue weighted by atomic mass is 79.9. The Morgan fingerprint density at radius 3 is 2.86 bits per heavy atom. The average Bonchev–Trinajstić information content (AvgIpc) is 2.93. The van der Waals surface area contributed by atoms with Gasteiger partial charge in [0.1, 0.15) is 5.75 Å². The Balaban J connectivity index is 1.96. The number of aliphatic hydroxyl groups excluding tert-OH is 1. The van der Waals surface area contributed by atoms with Crippen molar-refractivity contribution in [3.05, 3.63) is 39.9 Å². The van der Waals surface area contributed by atoms with Crippen LogP contribution in [0.1, 0.15) is 30.1 Å². The van der Waals surface area contributed by atoms with Crippen LogP contribution in [0.15, 0.2) is 28.8 Å². The summed E-state index contributed by atoms with van der Waals surface area (Å²) in [5, 5.41) is 20.1. The van der Waals surface area contributed by atoms with Gasteiger partial charge >= 0.3 is 5.97 Å². The van der Waals surface area contributed by atoms with Gasteiger partial charge in [0.15, 0.2) is 0 Å². The minimum atomic E-state index is -0.851. The second kappa shape index (κ2) is 5.81. The summed E-state index contributed by atoms with van der Waals surface area (Å²) in [6.07, 6.45) is 4.85. The molecule has 0 amide bonds. The lowest BCUT2D eigenvalue weighted by Gasteiger charge is -2.30. The van der Waals surface area contributed by atoms with Gasteiger partial charge in [-0.1, -0.05) is 28.1 Å². The van der Waals surface area contributed by atoms with E-state index >= 15 is 0 Å². The van der Waals surface area contributed by atoms with Crippen molar-refractivity contribution in [2.75, 3.05) is 6.61 Å². The Morgan fingerprint density at radius 2 is 2.10 bits per heavy atom. The number of aliphatic hydroxyl groups is 1. The first kappa shape index (κ1) is 14.6. The summed E-state index contributed by atoms with van der Waals surface area (Å²) in [6, 6.07) is 3.83. The highest BCUT2D eigenvalue weighted by Crippen LogP contribution is 2.43. The third-order valence-electron chi connectivity index (χ3n) is 4.30. The largest absolute Gasteiger partial charge is 0.493 e. The fraction of sp³-hybridized carbons (Fsp3) is 0.438. The molecule has 0 fully saturated rings. The zero-order valence-electron chi connectivity index (χ0n) is 11.5. The number of aliphatic carboxylic acids is 1. The maximum absolute atomic E-state index is 11.4. The van der Waals surface area contributed by atoms with E-state index < -0.39 is 18.0 Å². The third kappa shape index (κ3) is 2.72. The predicted octanol–water partition coefficient (Wildman–Crippen LogP) is 3.08. The molecule has 1 aromatic carbocycles. The van der Waals surface area contributed by atoms with Gasteiger partial charge in [-0.05, 0) is 30.5 Å². The highest BCUT2D eigenvalue weighted by Gasteiger charge is 2.36. The van der Waals surface area contributed by atoms with E-state index in [0.717, 1.165) is 22.2 Å². The molecule has 1 aliphatic heterocycles. The molecule has 0 radical (unpaired) electrons. The van der Waals surface area contributed by atoms with Crippen molar-refractivity contribution in [2.24, 2.45) is 11.8 Å². The molecule has 4 nitrogen and oxygen atoms in total. The first-order chi connectivity index (χ1) is 10.1. The van der Waals surface area contributed by atoms with Crippen molar-refractivity contribution in [3.8, 4) is 5.75 Å². The van der Waals surface area contributed by atoms with Gasteiger partial charge in [0.05, 0.1) is 18.6 Å². The average molecular weight is 353 g/mol. The van der Waals surface area contributed by atoms with Crippen LogP contribution in [0.2, 0.25) is 0 Å². The maximum atomic E-state index is 11.4. The van der Waals surface area contributed by atoms with Gasteiger partial charge in [0.2, 0.25) is 0 Å². The Hall–Kier alpha value is -1.33. The fourth-order valence-electron chi connectivity index (χ4n) is 3.22. The van der Waals surface area contributed by atoms with Gasteiger partial charge in [-0.25, -0.2) is 0 Å². The van der Waals surface area contributed by atoms with Gasteiger partial charge in [-0.2, -0.15) is 0 Å². The third-order valence-corrected chi connectivity index (χ3v) is 4.76. The molecule has 0 saturated heterocycles. The smallest absolute Gasteiger partial charge is 0.307 e. The molecule has 3 unspecified atom stereocenters. The van der Waals surface area contributed by atoms with E-state index in [1.165, 1.54) is 0 Å². The standard InChI is InChI=1S/C16H17BrO4/c17-10-7-9-5-6-21-15(9)13(8-10)14(18)11-3-1-2-4-12(11)16(19)20/h1-2,7-8,11-12,14,18H,3-6H2,(H,19,20). The van der Waals surface area contributed by atoms with Gasteiger partial charge < -0.3 is 14.9 Å². The van der Waals surface area contributed by atoms with E-state index in [-0.39, 0.29) is 5.92 Å². The van der Waals surface area contributed by atoms with Crippen LogP contribution in [0.25, 0.3) is 0 Å². The Kier molecular flexibility index (Phi) is 4.04. The van der Waals surface area contributed by atoms with Crippen LogP contribution in [-0.4, -0.2) is 22.8 Å². The summed E-state index contributed by atoms with van der Waals surface area (Å²) in [7, 11) is 0. The Bertz CT molecular complexity index is 596. The number of benzene rings is 1. The molecule has 2 N–H and O–H groups in total. The molecule has 2 aliphatic rings. The zero-order valence-corrected chi connectivity index (χ0v) is 13.0. The molecule has 1 aromatic rings. The molecule has 5 heteroatoms. The molecule has 0 bridgehead atoms. The Labute approximate surface area is 131 Å².